The van der Waals surface area contributed by atoms with Gasteiger partial charge in [0.25, 0.3) is 5.91 Å². The minimum Gasteiger partial charge on any atom is -0.508 e. The molecule has 8 rings (SSSR count). The number of fused-ring (bicyclic) bond motifs is 4. The molecular weight excluding hydrogens is 851 g/mol. The van der Waals surface area contributed by atoms with E-state index in [4.69, 9.17) is 32.0 Å². The lowest BCUT2D eigenvalue weighted by atomic mass is 9.89. The van der Waals surface area contributed by atoms with Crippen LogP contribution < -0.4 is 26.3 Å². The van der Waals surface area contributed by atoms with Crippen molar-refractivity contribution in [2.24, 2.45) is 4.99 Å². The maximum Gasteiger partial charge on any atom is 0.337 e. The molecule has 0 bridgehead atoms. The van der Waals surface area contributed by atoms with E-state index in [-0.39, 0.29) is 61.4 Å². The maximum absolute atomic E-state index is 13.8. The summed E-state index contributed by atoms with van der Waals surface area (Å²) in [5.41, 5.74) is 2.89. The molecule has 2 heterocycles. The molecule has 63 heavy (non-hydrogen) atoms. The Balaban J connectivity index is 1.08. The van der Waals surface area contributed by atoms with E-state index in [2.05, 4.69) is 15.6 Å². The molecule has 4 aromatic carbocycles. The van der Waals surface area contributed by atoms with Crippen LogP contribution in [-0.4, -0.2) is 66.8 Å². The minimum atomic E-state index is -1.39. The van der Waals surface area contributed by atoms with Crippen molar-refractivity contribution >= 4 is 74.6 Å². The molecule has 0 fully saturated rings. The third-order valence-electron chi connectivity index (χ3n) is 10.5. The number of aromatic carboxylic acids is 2. The number of benzene rings is 6. The van der Waals surface area contributed by atoms with E-state index in [0.717, 1.165) is 11.8 Å². The lowest BCUT2D eigenvalue weighted by Gasteiger charge is -2.21. The Morgan fingerprint density at radius 2 is 1.37 bits per heavy atom. The number of phenolic OH excluding ortho intramolecular Hbond substituents is 1. The van der Waals surface area contributed by atoms with Crippen LogP contribution in [0.3, 0.4) is 0 Å². The van der Waals surface area contributed by atoms with Gasteiger partial charge in [-0.2, -0.15) is 0 Å². The van der Waals surface area contributed by atoms with Crippen molar-refractivity contribution in [3.8, 4) is 50.7 Å². The number of hydrogen-bond acceptors (Lipinski definition) is 10. The number of aromatic hydroxyl groups is 1. The van der Waals surface area contributed by atoms with Gasteiger partial charge in [0.05, 0.1) is 38.6 Å². The molecule has 0 saturated heterocycles. The first kappa shape index (κ1) is 42.0. The van der Waals surface area contributed by atoms with E-state index in [1.54, 1.807) is 61.6 Å². The number of carboxylic acid groups (broad SMARTS) is 2. The second kappa shape index (κ2) is 16.6. The molecule has 4 aromatic rings. The Bertz CT molecular complexity index is 3300. The Hall–Kier alpha value is -7.68. The van der Waals surface area contributed by atoms with Crippen molar-refractivity contribution in [2.75, 3.05) is 32.6 Å². The number of rotatable bonds is 10. The monoisotopic (exact) mass is 884 g/mol. The maximum atomic E-state index is 13.8. The van der Waals surface area contributed by atoms with Crippen LogP contribution in [0.1, 0.15) is 36.6 Å². The topological polar surface area (TPSA) is 212 Å². The zero-order valence-electron chi connectivity index (χ0n) is 33.5. The molecule has 0 aromatic heterocycles. The zero-order chi connectivity index (χ0) is 44.9. The summed E-state index contributed by atoms with van der Waals surface area (Å²) in [6.45, 7) is -0.667. The summed E-state index contributed by atoms with van der Waals surface area (Å²) in [7, 11) is 5.34. The van der Waals surface area contributed by atoms with E-state index < -0.39 is 30.3 Å². The van der Waals surface area contributed by atoms with E-state index in [1.807, 2.05) is 25.1 Å². The number of nitrogens with zero attached hydrogens (tertiary/aromatic N) is 2. The van der Waals surface area contributed by atoms with Crippen LogP contribution in [-0.2, 0) is 11.3 Å². The summed E-state index contributed by atoms with van der Waals surface area (Å²) < 4.78 is 12.2. The average molecular weight is 886 g/mol. The normalized spacial score (nSPS) is 11.7. The standard InChI is InChI=1S/C47H34Cl2N4O10/c1-50-23-5-10-30-35(15-23)62-36-16-24(53(2)3)6-11-31(36)41(30)43-42(47(60)61)34(48)19-33(44(43)49)45(57)52-21-39(56)51-20-22-4-9-27(32(14-22)46(58)59)40-28-12-7-25(54)17-37(28)63-38-18-26(55)8-13-29(38)40/h4-19,54H,20-21H2,1-3H3,(H,51,56)(H,52,57)(H,58,59)(H,60,61). The first-order valence-corrected chi connectivity index (χ1v) is 19.9. The van der Waals surface area contributed by atoms with Crippen LogP contribution in [0, 0.1) is 0 Å². The zero-order valence-corrected chi connectivity index (χ0v) is 35.0. The number of nitrogens with one attached hydrogen (secondary N) is 2. The number of halogens is 2. The van der Waals surface area contributed by atoms with Gasteiger partial charge in [0, 0.05) is 96.2 Å². The minimum absolute atomic E-state index is 0.0345. The lowest BCUT2D eigenvalue weighted by Crippen LogP contribution is -2.36. The molecule has 0 saturated carbocycles. The van der Waals surface area contributed by atoms with Gasteiger partial charge in [0.1, 0.15) is 28.4 Å². The second-order valence-corrected chi connectivity index (χ2v) is 15.5. The first-order valence-electron chi connectivity index (χ1n) is 19.1. The molecule has 2 aliphatic carbocycles. The van der Waals surface area contributed by atoms with Gasteiger partial charge >= 0.3 is 11.9 Å². The molecule has 0 unspecified atom stereocenters. The van der Waals surface area contributed by atoms with Crippen molar-refractivity contribution in [3.63, 3.8) is 0 Å². The molecular formula is C47H34Cl2N4O10. The van der Waals surface area contributed by atoms with E-state index >= 15 is 0 Å². The number of hydrogen-bond donors (Lipinski definition) is 5. The van der Waals surface area contributed by atoms with Crippen LogP contribution in [0.2, 0.25) is 10.0 Å². The summed E-state index contributed by atoms with van der Waals surface area (Å²) >= 11 is 13.6. The highest BCUT2D eigenvalue weighted by atomic mass is 35.5. The van der Waals surface area contributed by atoms with Crippen molar-refractivity contribution in [1.29, 1.82) is 0 Å². The summed E-state index contributed by atoms with van der Waals surface area (Å²) in [5.74, 6) is -3.64. The van der Waals surface area contributed by atoms with Crippen LogP contribution >= 0.6 is 23.2 Å². The summed E-state index contributed by atoms with van der Waals surface area (Å²) in [5, 5.41) is 37.2. The Morgan fingerprint density at radius 1 is 0.698 bits per heavy atom. The molecule has 14 nitrogen and oxygen atoms in total. The predicted molar refractivity (Wildman–Crippen MR) is 238 cm³/mol. The highest BCUT2D eigenvalue weighted by Crippen LogP contribution is 2.47. The van der Waals surface area contributed by atoms with Gasteiger partial charge in [-0.3, -0.25) is 19.4 Å². The molecule has 16 heteroatoms. The van der Waals surface area contributed by atoms with Gasteiger partial charge in [-0.1, -0.05) is 35.3 Å². The number of carbonyl (C=O) groups is 4. The lowest BCUT2D eigenvalue weighted by molar-refractivity contribution is -0.120. The highest BCUT2D eigenvalue weighted by Gasteiger charge is 2.30. The molecule has 0 atom stereocenters. The van der Waals surface area contributed by atoms with Crippen LogP contribution in [0.25, 0.3) is 66.8 Å². The molecule has 4 aliphatic rings. The third kappa shape index (κ3) is 7.89. The molecule has 2 aliphatic heterocycles. The van der Waals surface area contributed by atoms with Crippen molar-refractivity contribution in [2.45, 2.75) is 6.54 Å². The quantitative estimate of drug-likeness (QED) is 0.0828. The summed E-state index contributed by atoms with van der Waals surface area (Å²) in [6, 6.07) is 24.8. The van der Waals surface area contributed by atoms with Crippen molar-refractivity contribution in [1.82, 2.24) is 10.6 Å². The van der Waals surface area contributed by atoms with Gasteiger partial charge in [-0.15, -0.1) is 0 Å². The molecule has 5 N–H and O–H groups in total. The van der Waals surface area contributed by atoms with Crippen molar-refractivity contribution in [3.05, 3.63) is 145 Å². The third-order valence-corrected chi connectivity index (χ3v) is 11.2. The number of phenols is 1. The Labute approximate surface area is 366 Å². The number of amides is 2. The number of anilines is 1. The molecule has 0 spiro atoms. The van der Waals surface area contributed by atoms with Crippen molar-refractivity contribution < 1.29 is 43.3 Å². The van der Waals surface area contributed by atoms with E-state index in [0.29, 0.717) is 60.9 Å². The molecule has 316 valence electrons. The first-order chi connectivity index (χ1) is 30.1. The second-order valence-electron chi connectivity index (χ2n) is 14.7. The van der Waals surface area contributed by atoms with Gasteiger partial charge in [-0.25, -0.2) is 9.59 Å². The summed E-state index contributed by atoms with van der Waals surface area (Å²) in [4.78, 5) is 70.8. The van der Waals surface area contributed by atoms with Gasteiger partial charge < -0.3 is 39.7 Å². The molecule has 2 amide bonds. The smallest absolute Gasteiger partial charge is 0.337 e. The average Bonchev–Trinajstić information content (AvgIpc) is 3.25. The summed E-state index contributed by atoms with van der Waals surface area (Å²) in [6.07, 6.45) is 0. The van der Waals surface area contributed by atoms with Crippen LogP contribution in [0.4, 0.5) is 5.69 Å². The number of carbonyl (C=O) groups excluding carboxylic acids is 2. The van der Waals surface area contributed by atoms with Gasteiger partial charge in [0.15, 0.2) is 5.43 Å². The largest absolute Gasteiger partial charge is 0.508 e. The van der Waals surface area contributed by atoms with Gasteiger partial charge in [0.2, 0.25) is 5.91 Å². The Morgan fingerprint density at radius 3 is 2.08 bits per heavy atom. The van der Waals surface area contributed by atoms with Gasteiger partial charge in [-0.05, 0) is 71.8 Å². The fraction of sp³-hybridized carbons (Fsp3) is 0.106. The fourth-order valence-electron chi connectivity index (χ4n) is 7.55. The fourth-order valence-corrected chi connectivity index (χ4v) is 8.17. The molecule has 0 radical (unpaired) electrons. The highest BCUT2D eigenvalue weighted by molar-refractivity contribution is 6.41. The van der Waals surface area contributed by atoms with E-state index in [9.17, 15) is 39.3 Å². The van der Waals surface area contributed by atoms with E-state index in [1.165, 1.54) is 30.3 Å². The van der Waals surface area contributed by atoms with Crippen LogP contribution in [0.5, 0.6) is 5.75 Å². The SMILES string of the molecule is CN=c1ccc2c(-c3c(Cl)c(C(=O)NCC(=O)NCc4ccc(-c5c6ccc(=O)cc-6oc6cc(O)ccc56)c(C(=O)O)c4)cc(Cl)c3C(=O)O)c3ccc(N(C)C)cc3oc-2c1. The Kier molecular flexibility index (Phi) is 11.1. The predicted octanol–water partition coefficient (Wildman–Crippen LogP) is 8.13. The van der Waals surface area contributed by atoms with Crippen LogP contribution in [0.15, 0.2) is 116 Å². The number of carboxylic acids is 2.